The molecule has 0 unspecified atom stereocenters. The molecule has 1 saturated heterocycles. The van der Waals surface area contributed by atoms with Crippen LogP contribution in [0.1, 0.15) is 45.5 Å². The van der Waals surface area contributed by atoms with Gasteiger partial charge >= 0.3 is 0 Å². The summed E-state index contributed by atoms with van der Waals surface area (Å²) in [6, 6.07) is 0.0256. The fourth-order valence-corrected chi connectivity index (χ4v) is 3.98. The number of carbonyl (C=O) groups excluding carboxylic acids is 1. The minimum atomic E-state index is 0.0256. The topological polar surface area (TPSA) is 60.2 Å². The van der Waals surface area contributed by atoms with Crippen molar-refractivity contribution in [3.63, 3.8) is 0 Å². The van der Waals surface area contributed by atoms with Crippen LogP contribution < -0.4 is 4.74 Å². The molecular formula is C15H20N4O2S. The summed E-state index contributed by atoms with van der Waals surface area (Å²) < 4.78 is 7.24. The van der Waals surface area contributed by atoms with E-state index < -0.39 is 0 Å². The van der Waals surface area contributed by atoms with Crippen molar-refractivity contribution >= 4 is 17.2 Å². The Morgan fingerprint density at radius 2 is 2.18 bits per heavy atom. The van der Waals surface area contributed by atoms with Gasteiger partial charge < -0.3 is 9.64 Å². The molecule has 0 saturated carbocycles. The van der Waals surface area contributed by atoms with E-state index in [4.69, 9.17) is 4.74 Å². The summed E-state index contributed by atoms with van der Waals surface area (Å²) >= 11 is 1.41. The summed E-state index contributed by atoms with van der Waals surface area (Å²) in [6.07, 6.45) is 1.93. The highest BCUT2D eigenvalue weighted by Gasteiger charge is 2.36. The zero-order chi connectivity index (χ0) is 15.9. The lowest BCUT2D eigenvalue weighted by atomic mass is 10.0. The number of rotatable bonds is 3. The zero-order valence-corrected chi connectivity index (χ0v) is 14.1. The first-order valence-corrected chi connectivity index (χ1v) is 8.21. The average molecular weight is 320 g/mol. The fourth-order valence-electron chi connectivity index (χ4n) is 3.23. The maximum atomic E-state index is 12.9. The highest BCUT2D eigenvalue weighted by molar-refractivity contribution is 7.11. The molecule has 0 radical (unpaired) electrons. The number of carbonyl (C=O) groups is 1. The molecule has 2 aromatic rings. The summed E-state index contributed by atoms with van der Waals surface area (Å²) in [6.45, 7) is 4.61. The number of methoxy groups -OCH3 is 1. The Morgan fingerprint density at radius 3 is 2.82 bits per heavy atom. The maximum absolute atomic E-state index is 12.9. The van der Waals surface area contributed by atoms with Crippen LogP contribution in [0.3, 0.4) is 0 Å². The maximum Gasteiger partial charge on any atom is 0.266 e. The fraction of sp³-hybridized carbons (Fsp3) is 0.533. The molecule has 3 rings (SSSR count). The largest absolute Gasteiger partial charge is 0.481 e. The van der Waals surface area contributed by atoms with Crippen molar-refractivity contribution < 1.29 is 9.53 Å². The van der Waals surface area contributed by atoms with Gasteiger partial charge in [0.1, 0.15) is 4.88 Å². The van der Waals surface area contributed by atoms with Gasteiger partial charge in [-0.3, -0.25) is 4.79 Å². The van der Waals surface area contributed by atoms with Gasteiger partial charge in [0.2, 0.25) is 5.88 Å². The van der Waals surface area contributed by atoms with Crippen molar-refractivity contribution in [3.05, 3.63) is 27.3 Å². The van der Waals surface area contributed by atoms with Gasteiger partial charge in [-0.15, -0.1) is 11.3 Å². The van der Waals surface area contributed by atoms with Crippen molar-refractivity contribution in [2.45, 2.75) is 32.7 Å². The first-order chi connectivity index (χ1) is 10.5. The minimum absolute atomic E-state index is 0.0256. The summed E-state index contributed by atoms with van der Waals surface area (Å²) in [5.41, 5.74) is 4.47. The van der Waals surface area contributed by atoms with Crippen LogP contribution in [0.15, 0.2) is 5.51 Å². The number of aromatic nitrogens is 3. The molecule has 6 nitrogen and oxygen atoms in total. The molecule has 0 bridgehead atoms. The van der Waals surface area contributed by atoms with Crippen LogP contribution in [0.5, 0.6) is 5.88 Å². The molecule has 22 heavy (non-hydrogen) atoms. The third-order valence-corrected chi connectivity index (χ3v) is 5.11. The van der Waals surface area contributed by atoms with Crippen molar-refractivity contribution in [2.75, 3.05) is 13.7 Å². The van der Waals surface area contributed by atoms with Crippen LogP contribution in [0.4, 0.5) is 0 Å². The Kier molecular flexibility index (Phi) is 3.90. The first kappa shape index (κ1) is 15.0. The third kappa shape index (κ3) is 2.29. The van der Waals surface area contributed by atoms with Crippen LogP contribution in [0.25, 0.3) is 0 Å². The monoisotopic (exact) mass is 320 g/mol. The van der Waals surface area contributed by atoms with Crippen molar-refractivity contribution in [1.82, 2.24) is 19.7 Å². The van der Waals surface area contributed by atoms with E-state index in [9.17, 15) is 4.79 Å². The Labute approximate surface area is 133 Å². The molecule has 0 N–H and O–H groups in total. The van der Waals surface area contributed by atoms with E-state index in [1.54, 1.807) is 17.3 Å². The quantitative estimate of drug-likeness (QED) is 0.872. The molecule has 7 heteroatoms. The lowest BCUT2D eigenvalue weighted by Crippen LogP contribution is -2.30. The molecule has 1 aliphatic rings. The van der Waals surface area contributed by atoms with Crippen molar-refractivity contribution in [1.29, 1.82) is 0 Å². The van der Waals surface area contributed by atoms with Crippen LogP contribution >= 0.6 is 11.3 Å². The smallest absolute Gasteiger partial charge is 0.266 e. The van der Waals surface area contributed by atoms with E-state index in [1.165, 1.54) is 11.3 Å². The molecule has 118 valence electrons. The first-order valence-electron chi connectivity index (χ1n) is 7.33. The average Bonchev–Trinajstić information content (AvgIpc) is 3.16. The summed E-state index contributed by atoms with van der Waals surface area (Å²) in [5.74, 6) is 0.802. The van der Waals surface area contributed by atoms with Gasteiger partial charge in [-0.2, -0.15) is 5.10 Å². The molecule has 0 aliphatic carbocycles. The Bertz CT molecular complexity index is 706. The predicted octanol–water partition coefficient (Wildman–Crippen LogP) is 2.48. The Balaban J connectivity index is 1.98. The van der Waals surface area contributed by atoms with Crippen molar-refractivity contribution in [2.24, 2.45) is 7.05 Å². The second-order valence-electron chi connectivity index (χ2n) is 5.56. The number of ether oxygens (including phenoxy) is 1. The van der Waals surface area contributed by atoms with Gasteiger partial charge in [-0.1, -0.05) is 0 Å². The second-order valence-corrected chi connectivity index (χ2v) is 6.41. The molecule has 1 fully saturated rings. The normalized spacial score (nSPS) is 18.0. The Hall–Kier alpha value is -1.89. The third-order valence-electron chi connectivity index (χ3n) is 4.19. The number of hydrogen-bond donors (Lipinski definition) is 0. The summed E-state index contributed by atoms with van der Waals surface area (Å²) in [5, 5.41) is 4.44. The summed E-state index contributed by atoms with van der Waals surface area (Å²) in [7, 11) is 3.51. The standard InChI is InChI=1S/C15H20N4O2S/c1-9-12(15(21-4)18(3)17-9)11-6-5-7-19(11)14(20)13-10(2)16-8-22-13/h8,11H,5-7H2,1-4H3/t11-/m0/s1. The number of aryl methyl sites for hydroxylation is 3. The number of nitrogens with zero attached hydrogens (tertiary/aromatic N) is 4. The molecule has 3 heterocycles. The van der Waals surface area contributed by atoms with Gasteiger partial charge in [0.15, 0.2) is 0 Å². The predicted molar refractivity (Wildman–Crippen MR) is 84.4 cm³/mol. The summed E-state index contributed by atoms with van der Waals surface area (Å²) in [4.78, 5) is 19.7. The van der Waals surface area contributed by atoms with Crippen molar-refractivity contribution in [3.8, 4) is 5.88 Å². The van der Waals surface area contributed by atoms with E-state index in [-0.39, 0.29) is 11.9 Å². The van der Waals surface area contributed by atoms with E-state index in [0.29, 0.717) is 0 Å². The molecule has 0 spiro atoms. The zero-order valence-electron chi connectivity index (χ0n) is 13.3. The lowest BCUT2D eigenvalue weighted by molar-refractivity contribution is 0.0737. The van der Waals surface area contributed by atoms with Gasteiger partial charge in [-0.05, 0) is 26.7 Å². The molecular weight excluding hydrogens is 300 g/mol. The number of hydrogen-bond acceptors (Lipinski definition) is 5. The van der Waals surface area contributed by atoms with Gasteiger partial charge in [-0.25, -0.2) is 9.67 Å². The molecule has 2 aromatic heterocycles. The number of amides is 1. The van der Waals surface area contributed by atoms with Gasteiger partial charge in [0, 0.05) is 13.6 Å². The highest BCUT2D eigenvalue weighted by Crippen LogP contribution is 2.39. The van der Waals surface area contributed by atoms with Crippen LogP contribution in [-0.4, -0.2) is 39.2 Å². The molecule has 0 aromatic carbocycles. The van der Waals surface area contributed by atoms with E-state index >= 15 is 0 Å². The Morgan fingerprint density at radius 1 is 1.41 bits per heavy atom. The number of thiazole rings is 1. The van der Waals surface area contributed by atoms with Gasteiger partial charge in [0.05, 0.1) is 35.6 Å². The van der Waals surface area contributed by atoms with Crippen LogP contribution in [0, 0.1) is 13.8 Å². The lowest BCUT2D eigenvalue weighted by Gasteiger charge is -2.25. The second kappa shape index (κ2) is 5.72. The highest BCUT2D eigenvalue weighted by atomic mass is 32.1. The molecule has 1 aliphatic heterocycles. The van der Waals surface area contributed by atoms with Crippen LogP contribution in [-0.2, 0) is 7.05 Å². The minimum Gasteiger partial charge on any atom is -0.481 e. The van der Waals surface area contributed by atoms with Crippen LogP contribution in [0.2, 0.25) is 0 Å². The molecule has 1 atom stereocenters. The van der Waals surface area contributed by atoms with E-state index in [1.807, 2.05) is 25.8 Å². The van der Waals surface area contributed by atoms with E-state index in [0.717, 1.165) is 47.1 Å². The van der Waals surface area contributed by atoms with Gasteiger partial charge in [0.25, 0.3) is 5.91 Å². The molecule has 1 amide bonds. The SMILES string of the molecule is COc1c([C@@H]2CCCN2C(=O)c2scnc2C)c(C)nn1C. The number of likely N-dealkylation sites (tertiary alicyclic amines) is 1. The van der Waals surface area contributed by atoms with E-state index in [2.05, 4.69) is 10.1 Å².